The normalized spacial score (nSPS) is 17.4. The standard InChI is InChI=1S/C20H21N5O4/c26-16(6-11-25-18(27)20(24-19(25)28)7-1-2-8-20)23-14-4-3-5-15(12-14)29-17-13-21-9-10-22-17/h3-5,9-10,12-13H,1-2,6-8,11H2,(H,23,26)(H,24,28). The second-order valence-electron chi connectivity index (χ2n) is 7.15. The van der Waals surface area contributed by atoms with Crippen molar-refractivity contribution in [1.82, 2.24) is 20.2 Å². The summed E-state index contributed by atoms with van der Waals surface area (Å²) in [5.74, 6) is 0.331. The highest BCUT2D eigenvalue weighted by molar-refractivity contribution is 6.07. The molecule has 2 aromatic rings. The Bertz CT molecular complexity index is 927. The van der Waals surface area contributed by atoms with Crippen LogP contribution in [-0.2, 0) is 9.59 Å². The van der Waals surface area contributed by atoms with E-state index in [0.717, 1.165) is 17.7 Å². The van der Waals surface area contributed by atoms with Gasteiger partial charge in [-0.15, -0.1) is 0 Å². The Hall–Kier alpha value is -3.49. The van der Waals surface area contributed by atoms with E-state index in [1.54, 1.807) is 30.5 Å². The van der Waals surface area contributed by atoms with Crippen LogP contribution < -0.4 is 15.4 Å². The third kappa shape index (κ3) is 4.03. The molecule has 2 fully saturated rings. The molecule has 9 nitrogen and oxygen atoms in total. The van der Waals surface area contributed by atoms with Gasteiger partial charge < -0.3 is 15.4 Å². The summed E-state index contributed by atoms with van der Waals surface area (Å²) in [7, 11) is 0. The number of amides is 4. The molecule has 0 radical (unpaired) electrons. The summed E-state index contributed by atoms with van der Waals surface area (Å²) in [6.45, 7) is 0.0496. The minimum atomic E-state index is -0.750. The molecule has 1 saturated carbocycles. The van der Waals surface area contributed by atoms with E-state index in [9.17, 15) is 14.4 Å². The summed E-state index contributed by atoms with van der Waals surface area (Å²) in [4.78, 5) is 46.2. The van der Waals surface area contributed by atoms with Crippen LogP contribution in [0.1, 0.15) is 32.1 Å². The lowest BCUT2D eigenvalue weighted by Crippen LogP contribution is -2.44. The van der Waals surface area contributed by atoms with Crippen LogP contribution in [0.4, 0.5) is 10.5 Å². The van der Waals surface area contributed by atoms with Gasteiger partial charge in [-0.3, -0.25) is 19.5 Å². The van der Waals surface area contributed by atoms with Crippen LogP contribution in [0.3, 0.4) is 0 Å². The average Bonchev–Trinajstić information content (AvgIpc) is 3.27. The topological polar surface area (TPSA) is 114 Å². The van der Waals surface area contributed by atoms with Crippen molar-refractivity contribution in [2.45, 2.75) is 37.6 Å². The van der Waals surface area contributed by atoms with Crippen LogP contribution in [0, 0.1) is 0 Å². The molecule has 29 heavy (non-hydrogen) atoms. The number of anilines is 1. The molecule has 150 valence electrons. The molecule has 0 unspecified atom stereocenters. The molecule has 1 spiro atoms. The summed E-state index contributed by atoms with van der Waals surface area (Å²) >= 11 is 0. The van der Waals surface area contributed by atoms with Gasteiger partial charge in [-0.2, -0.15) is 0 Å². The largest absolute Gasteiger partial charge is 0.437 e. The molecule has 0 bridgehead atoms. The summed E-state index contributed by atoms with van der Waals surface area (Å²) in [6, 6.07) is 6.45. The van der Waals surface area contributed by atoms with Gasteiger partial charge in [0, 0.05) is 37.1 Å². The fourth-order valence-corrected chi connectivity index (χ4v) is 3.73. The Morgan fingerprint density at radius 2 is 2.07 bits per heavy atom. The average molecular weight is 395 g/mol. The van der Waals surface area contributed by atoms with Crippen LogP contribution >= 0.6 is 0 Å². The molecular weight excluding hydrogens is 374 g/mol. The number of aromatic nitrogens is 2. The van der Waals surface area contributed by atoms with Gasteiger partial charge in [0.2, 0.25) is 11.8 Å². The van der Waals surface area contributed by atoms with Crippen molar-refractivity contribution in [2.24, 2.45) is 0 Å². The SMILES string of the molecule is O=C(CCN1C(=O)NC2(CCCC2)C1=O)Nc1cccc(Oc2cnccn2)c1. The first kappa shape index (κ1) is 18.9. The molecule has 1 aromatic heterocycles. The van der Waals surface area contributed by atoms with E-state index in [2.05, 4.69) is 20.6 Å². The molecule has 1 saturated heterocycles. The number of hydrogen-bond donors (Lipinski definition) is 2. The van der Waals surface area contributed by atoms with E-state index >= 15 is 0 Å². The number of rotatable bonds is 6. The maximum atomic E-state index is 12.6. The molecule has 2 N–H and O–H groups in total. The first-order valence-electron chi connectivity index (χ1n) is 9.54. The fraction of sp³-hybridized carbons (Fsp3) is 0.350. The molecule has 0 atom stereocenters. The van der Waals surface area contributed by atoms with Crippen LogP contribution in [0.2, 0.25) is 0 Å². The molecule has 9 heteroatoms. The first-order chi connectivity index (χ1) is 14.1. The predicted molar refractivity (Wildman–Crippen MR) is 103 cm³/mol. The molecule has 4 amide bonds. The summed E-state index contributed by atoms with van der Waals surface area (Å²) in [5.41, 5.74) is -0.208. The van der Waals surface area contributed by atoms with Crippen molar-refractivity contribution in [3.8, 4) is 11.6 Å². The Balaban J connectivity index is 1.33. The third-order valence-electron chi connectivity index (χ3n) is 5.15. The lowest BCUT2D eigenvalue weighted by molar-refractivity contribution is -0.131. The van der Waals surface area contributed by atoms with E-state index in [0.29, 0.717) is 30.2 Å². The molecule has 1 aliphatic carbocycles. The Morgan fingerprint density at radius 1 is 1.24 bits per heavy atom. The Morgan fingerprint density at radius 3 is 2.83 bits per heavy atom. The summed E-state index contributed by atoms with van der Waals surface area (Å²) < 4.78 is 5.59. The number of ether oxygens (including phenoxy) is 1. The minimum Gasteiger partial charge on any atom is -0.437 e. The van der Waals surface area contributed by atoms with Gasteiger partial charge >= 0.3 is 6.03 Å². The lowest BCUT2D eigenvalue weighted by Gasteiger charge is -2.19. The second kappa shape index (κ2) is 7.86. The molecular formula is C20H21N5O4. The quantitative estimate of drug-likeness (QED) is 0.727. The van der Waals surface area contributed by atoms with Gasteiger partial charge in [0.15, 0.2) is 0 Å². The van der Waals surface area contributed by atoms with Crippen molar-refractivity contribution in [3.63, 3.8) is 0 Å². The molecule has 2 aliphatic rings. The van der Waals surface area contributed by atoms with Gasteiger partial charge in [-0.25, -0.2) is 9.78 Å². The zero-order valence-corrected chi connectivity index (χ0v) is 15.8. The molecule has 4 rings (SSSR count). The third-order valence-corrected chi connectivity index (χ3v) is 5.15. The Labute approximate surface area is 167 Å². The number of hydrogen-bond acceptors (Lipinski definition) is 6. The van der Waals surface area contributed by atoms with Gasteiger partial charge in [0.25, 0.3) is 5.91 Å². The van der Waals surface area contributed by atoms with Crippen LogP contribution in [-0.4, -0.2) is 44.8 Å². The van der Waals surface area contributed by atoms with Crippen molar-refractivity contribution in [3.05, 3.63) is 42.9 Å². The smallest absolute Gasteiger partial charge is 0.325 e. The van der Waals surface area contributed by atoms with Crippen molar-refractivity contribution in [2.75, 3.05) is 11.9 Å². The van der Waals surface area contributed by atoms with Crippen molar-refractivity contribution in [1.29, 1.82) is 0 Å². The van der Waals surface area contributed by atoms with Crippen molar-refractivity contribution >= 4 is 23.5 Å². The molecule has 1 aliphatic heterocycles. The lowest BCUT2D eigenvalue weighted by atomic mass is 9.98. The number of carbonyl (C=O) groups is 3. The highest BCUT2D eigenvalue weighted by Gasteiger charge is 2.52. The number of benzene rings is 1. The van der Waals surface area contributed by atoms with Crippen LogP contribution in [0.5, 0.6) is 11.6 Å². The highest BCUT2D eigenvalue weighted by Crippen LogP contribution is 2.35. The maximum Gasteiger partial charge on any atom is 0.325 e. The second-order valence-corrected chi connectivity index (χ2v) is 7.15. The first-order valence-corrected chi connectivity index (χ1v) is 9.54. The predicted octanol–water partition coefficient (Wildman–Crippen LogP) is 2.46. The Kier molecular flexibility index (Phi) is 5.11. The number of imide groups is 1. The van der Waals surface area contributed by atoms with Crippen LogP contribution in [0.25, 0.3) is 0 Å². The van der Waals surface area contributed by atoms with Crippen LogP contribution in [0.15, 0.2) is 42.9 Å². The number of nitrogens with zero attached hydrogens (tertiary/aromatic N) is 3. The highest BCUT2D eigenvalue weighted by atomic mass is 16.5. The zero-order chi connectivity index (χ0) is 20.3. The molecule has 2 heterocycles. The summed E-state index contributed by atoms with van der Waals surface area (Å²) in [6.07, 6.45) is 7.75. The van der Waals surface area contributed by atoms with Crippen molar-refractivity contribution < 1.29 is 19.1 Å². The minimum absolute atomic E-state index is 0.0183. The maximum absolute atomic E-state index is 12.6. The van der Waals surface area contributed by atoms with E-state index in [1.807, 2.05) is 0 Å². The fourth-order valence-electron chi connectivity index (χ4n) is 3.73. The monoisotopic (exact) mass is 395 g/mol. The van der Waals surface area contributed by atoms with Gasteiger partial charge in [0.05, 0.1) is 6.20 Å². The van der Waals surface area contributed by atoms with E-state index in [1.165, 1.54) is 12.4 Å². The van der Waals surface area contributed by atoms with E-state index in [-0.39, 0.29) is 24.8 Å². The van der Waals surface area contributed by atoms with E-state index in [4.69, 9.17) is 4.74 Å². The molecule has 1 aromatic carbocycles. The number of urea groups is 1. The number of carbonyl (C=O) groups excluding carboxylic acids is 3. The van der Waals surface area contributed by atoms with Gasteiger partial charge in [-0.1, -0.05) is 18.9 Å². The zero-order valence-electron chi connectivity index (χ0n) is 15.8. The van der Waals surface area contributed by atoms with Gasteiger partial charge in [0.1, 0.15) is 11.3 Å². The number of nitrogens with one attached hydrogen (secondary N) is 2. The van der Waals surface area contributed by atoms with E-state index < -0.39 is 11.6 Å². The van der Waals surface area contributed by atoms with Gasteiger partial charge in [-0.05, 0) is 25.0 Å². The summed E-state index contributed by atoms with van der Waals surface area (Å²) in [5, 5.41) is 5.57.